The van der Waals surface area contributed by atoms with E-state index in [1.165, 1.54) is 16.7 Å². The third-order valence-corrected chi connectivity index (χ3v) is 6.22. The van der Waals surface area contributed by atoms with Gasteiger partial charge in [-0.2, -0.15) is 0 Å². The van der Waals surface area contributed by atoms with E-state index < -0.39 is 0 Å². The van der Waals surface area contributed by atoms with Crippen molar-refractivity contribution in [2.75, 3.05) is 6.61 Å². The van der Waals surface area contributed by atoms with Crippen LogP contribution in [0.25, 0.3) is 11.0 Å². The Morgan fingerprint density at radius 3 is 2.35 bits per heavy atom. The minimum Gasteiger partial charge on any atom is -0.493 e. The Balaban J connectivity index is 1.44. The summed E-state index contributed by atoms with van der Waals surface area (Å²) in [7, 11) is 0. The molecule has 0 radical (unpaired) electrons. The number of hydrogen-bond acceptors (Lipinski definition) is 3. The van der Waals surface area contributed by atoms with Gasteiger partial charge >= 0.3 is 0 Å². The van der Waals surface area contributed by atoms with E-state index in [9.17, 15) is 0 Å². The number of fused-ring (bicyclic) bond motifs is 1. The van der Waals surface area contributed by atoms with Crippen LogP contribution >= 0.6 is 0 Å². The van der Waals surface area contributed by atoms with Crippen molar-refractivity contribution in [2.45, 2.75) is 66.0 Å². The highest BCUT2D eigenvalue weighted by atomic mass is 16.5. The van der Waals surface area contributed by atoms with Gasteiger partial charge in [0, 0.05) is 6.54 Å². The molecule has 34 heavy (non-hydrogen) atoms. The summed E-state index contributed by atoms with van der Waals surface area (Å²) < 4.78 is 14.6. The summed E-state index contributed by atoms with van der Waals surface area (Å²) in [5, 5.41) is 0. The van der Waals surface area contributed by atoms with Crippen molar-refractivity contribution < 1.29 is 9.47 Å². The molecule has 0 amide bonds. The summed E-state index contributed by atoms with van der Waals surface area (Å²) in [6.07, 6.45) is 0.891. The Bertz CT molecular complexity index is 1220. The van der Waals surface area contributed by atoms with Gasteiger partial charge in [0.05, 0.1) is 17.6 Å². The van der Waals surface area contributed by atoms with Crippen LogP contribution in [0, 0.1) is 6.92 Å². The second kappa shape index (κ2) is 10.8. The summed E-state index contributed by atoms with van der Waals surface area (Å²) >= 11 is 0. The van der Waals surface area contributed by atoms with Crippen molar-refractivity contribution in [3.63, 3.8) is 0 Å². The Morgan fingerprint density at radius 2 is 1.62 bits per heavy atom. The number of para-hydroxylation sites is 2. The molecule has 4 rings (SSSR count). The lowest BCUT2D eigenvalue weighted by atomic mass is 10.0. The SMILES string of the molecule is Cc1ccc(C(C)C)c(OCCCn2c(COc3ccc(C(C)C)cc3)nc3ccccc32)c1. The van der Waals surface area contributed by atoms with Crippen molar-refractivity contribution in [3.05, 3.63) is 89.2 Å². The third-order valence-electron chi connectivity index (χ3n) is 6.22. The molecule has 3 aromatic carbocycles. The lowest BCUT2D eigenvalue weighted by Gasteiger charge is -2.16. The molecule has 0 aliphatic carbocycles. The van der Waals surface area contributed by atoms with E-state index in [1.807, 2.05) is 18.2 Å². The average Bonchev–Trinajstić information content (AvgIpc) is 3.18. The topological polar surface area (TPSA) is 36.3 Å². The van der Waals surface area contributed by atoms with Gasteiger partial charge in [0.15, 0.2) is 0 Å². The molecule has 0 fully saturated rings. The van der Waals surface area contributed by atoms with E-state index in [0.29, 0.717) is 25.0 Å². The molecular formula is C30H36N2O2. The molecule has 0 aliphatic heterocycles. The first-order valence-electron chi connectivity index (χ1n) is 12.3. The molecule has 1 heterocycles. The van der Waals surface area contributed by atoms with Crippen molar-refractivity contribution in [3.8, 4) is 11.5 Å². The van der Waals surface area contributed by atoms with Gasteiger partial charge < -0.3 is 14.0 Å². The fourth-order valence-corrected chi connectivity index (χ4v) is 4.23. The number of aromatic nitrogens is 2. The first-order valence-corrected chi connectivity index (χ1v) is 12.3. The zero-order valence-corrected chi connectivity index (χ0v) is 21.0. The van der Waals surface area contributed by atoms with Crippen molar-refractivity contribution in [1.29, 1.82) is 0 Å². The number of benzene rings is 3. The number of nitrogens with zero attached hydrogens (tertiary/aromatic N) is 2. The summed E-state index contributed by atoms with van der Waals surface area (Å²) in [5.74, 6) is 3.75. The standard InChI is InChI=1S/C30H36N2O2/c1-21(2)24-12-14-25(15-13-24)34-20-30-31-27-9-6-7-10-28(27)32(30)17-8-18-33-29-19-23(5)11-16-26(29)22(3)4/h6-7,9-16,19,21-22H,8,17-18,20H2,1-5H3. The summed E-state index contributed by atoms with van der Waals surface area (Å²) in [4.78, 5) is 4.86. The van der Waals surface area contributed by atoms with Gasteiger partial charge in [0.2, 0.25) is 0 Å². The molecule has 178 valence electrons. The highest BCUT2D eigenvalue weighted by Crippen LogP contribution is 2.28. The minimum atomic E-state index is 0.436. The lowest BCUT2D eigenvalue weighted by molar-refractivity contribution is 0.279. The first-order chi connectivity index (χ1) is 16.4. The highest BCUT2D eigenvalue weighted by molar-refractivity contribution is 5.75. The van der Waals surface area contributed by atoms with Crippen molar-refractivity contribution in [2.24, 2.45) is 0 Å². The normalized spacial score (nSPS) is 11.5. The van der Waals surface area contributed by atoms with E-state index in [0.717, 1.165) is 41.3 Å². The second-order valence-electron chi connectivity index (χ2n) is 9.58. The molecule has 0 saturated carbocycles. The largest absolute Gasteiger partial charge is 0.493 e. The summed E-state index contributed by atoms with van der Waals surface area (Å²) in [5.41, 5.74) is 5.93. The minimum absolute atomic E-state index is 0.436. The van der Waals surface area contributed by atoms with Gasteiger partial charge in [-0.25, -0.2) is 4.98 Å². The maximum absolute atomic E-state index is 6.22. The van der Waals surface area contributed by atoms with Crippen LogP contribution in [0.5, 0.6) is 11.5 Å². The molecule has 4 aromatic rings. The van der Waals surface area contributed by atoms with E-state index in [-0.39, 0.29) is 0 Å². The number of hydrogen-bond donors (Lipinski definition) is 0. The number of aryl methyl sites for hydroxylation is 2. The van der Waals surface area contributed by atoms with Crippen LogP contribution in [0.1, 0.15) is 68.5 Å². The zero-order chi connectivity index (χ0) is 24.1. The first kappa shape index (κ1) is 23.9. The Labute approximate surface area is 203 Å². The van der Waals surface area contributed by atoms with Gasteiger partial charge in [-0.3, -0.25) is 0 Å². The summed E-state index contributed by atoms with van der Waals surface area (Å²) in [6.45, 7) is 12.8. The molecule has 0 unspecified atom stereocenters. The summed E-state index contributed by atoms with van der Waals surface area (Å²) in [6, 6.07) is 23.1. The van der Waals surface area contributed by atoms with Gasteiger partial charge in [0.1, 0.15) is 23.9 Å². The maximum atomic E-state index is 6.22. The Kier molecular flexibility index (Phi) is 7.56. The monoisotopic (exact) mass is 456 g/mol. The van der Waals surface area contributed by atoms with Crippen molar-refractivity contribution in [1.82, 2.24) is 9.55 Å². The quantitative estimate of drug-likeness (QED) is 0.230. The van der Waals surface area contributed by atoms with Crippen LogP contribution < -0.4 is 9.47 Å². The van der Waals surface area contributed by atoms with Crippen LogP contribution in [0.3, 0.4) is 0 Å². The van der Waals surface area contributed by atoms with E-state index in [2.05, 4.69) is 87.7 Å². The Morgan fingerprint density at radius 1 is 0.853 bits per heavy atom. The molecule has 0 bridgehead atoms. The number of rotatable bonds is 10. The van der Waals surface area contributed by atoms with Crippen LogP contribution in [0.2, 0.25) is 0 Å². The molecule has 4 heteroatoms. The van der Waals surface area contributed by atoms with Crippen LogP contribution in [0.15, 0.2) is 66.7 Å². The molecule has 0 N–H and O–H groups in total. The predicted octanol–water partition coefficient (Wildman–Crippen LogP) is 7.64. The van der Waals surface area contributed by atoms with Gasteiger partial charge in [-0.05, 0) is 72.2 Å². The number of imidazole rings is 1. The molecule has 4 nitrogen and oxygen atoms in total. The van der Waals surface area contributed by atoms with E-state index >= 15 is 0 Å². The van der Waals surface area contributed by atoms with E-state index in [4.69, 9.17) is 14.5 Å². The maximum Gasteiger partial charge on any atom is 0.147 e. The molecular weight excluding hydrogens is 420 g/mol. The third kappa shape index (κ3) is 5.61. The fraction of sp³-hybridized carbons (Fsp3) is 0.367. The van der Waals surface area contributed by atoms with Gasteiger partial charge in [-0.15, -0.1) is 0 Å². The van der Waals surface area contributed by atoms with Crippen LogP contribution in [0.4, 0.5) is 0 Å². The molecule has 0 spiro atoms. The average molecular weight is 457 g/mol. The fourth-order valence-electron chi connectivity index (χ4n) is 4.23. The molecule has 0 saturated heterocycles. The predicted molar refractivity (Wildman–Crippen MR) is 140 cm³/mol. The van der Waals surface area contributed by atoms with Crippen LogP contribution in [-0.2, 0) is 13.2 Å². The zero-order valence-electron chi connectivity index (χ0n) is 21.0. The van der Waals surface area contributed by atoms with Crippen LogP contribution in [-0.4, -0.2) is 16.2 Å². The smallest absolute Gasteiger partial charge is 0.147 e. The van der Waals surface area contributed by atoms with Gasteiger partial charge in [-0.1, -0.05) is 64.1 Å². The second-order valence-corrected chi connectivity index (χ2v) is 9.58. The number of ether oxygens (including phenoxy) is 2. The molecule has 0 aliphatic rings. The van der Waals surface area contributed by atoms with Gasteiger partial charge in [0.25, 0.3) is 0 Å². The van der Waals surface area contributed by atoms with Crippen molar-refractivity contribution >= 4 is 11.0 Å². The molecule has 1 aromatic heterocycles. The van der Waals surface area contributed by atoms with E-state index in [1.54, 1.807) is 0 Å². The molecule has 0 atom stereocenters. The Hall–Kier alpha value is -3.27. The lowest BCUT2D eigenvalue weighted by Crippen LogP contribution is -2.10. The highest BCUT2D eigenvalue weighted by Gasteiger charge is 2.12.